The molecule has 1 aliphatic rings. The van der Waals surface area contributed by atoms with Crippen LogP contribution in [0.2, 0.25) is 5.02 Å². The third kappa shape index (κ3) is 5.50. The van der Waals surface area contributed by atoms with Crippen LogP contribution in [0.25, 0.3) is 0 Å². The predicted octanol–water partition coefficient (Wildman–Crippen LogP) is 4.81. The Labute approximate surface area is 189 Å². The third-order valence-corrected chi connectivity index (χ3v) is 5.68. The van der Waals surface area contributed by atoms with Gasteiger partial charge in [-0.3, -0.25) is 4.79 Å². The lowest BCUT2D eigenvalue weighted by atomic mass is 10.1. The molecule has 0 radical (unpaired) electrons. The number of hydrogen-bond acceptors (Lipinski definition) is 4. The van der Waals surface area contributed by atoms with Crippen LogP contribution in [0.1, 0.15) is 30.5 Å². The molecule has 32 heavy (non-hydrogen) atoms. The Hall–Kier alpha value is -2.39. The molecule has 0 unspecified atom stereocenters. The highest BCUT2D eigenvalue weighted by Gasteiger charge is 2.37. The van der Waals surface area contributed by atoms with Crippen LogP contribution in [0.5, 0.6) is 0 Å². The largest absolute Gasteiger partial charge is 0.416 e. The molecular weight excluding hydrogens is 448 g/mol. The van der Waals surface area contributed by atoms with Crippen molar-refractivity contribution in [3.05, 3.63) is 52.4 Å². The number of aryl methyl sites for hydroxylation is 1. The fourth-order valence-electron chi connectivity index (χ4n) is 3.87. The topological polar surface area (TPSA) is 48.5 Å². The average Bonchev–Trinajstić information content (AvgIpc) is 3.22. The lowest BCUT2D eigenvalue weighted by Gasteiger charge is -2.31. The summed E-state index contributed by atoms with van der Waals surface area (Å²) in [4.78, 5) is 21.0. The molecule has 2 aromatic rings. The molecule has 10 heteroatoms. The van der Waals surface area contributed by atoms with Crippen molar-refractivity contribution in [2.24, 2.45) is 0 Å². The lowest BCUT2D eigenvalue weighted by Crippen LogP contribution is -2.47. The maximum absolute atomic E-state index is 13.7. The quantitative estimate of drug-likeness (QED) is 0.464. The Morgan fingerprint density at radius 2 is 2.06 bits per heavy atom. The van der Waals surface area contributed by atoms with Gasteiger partial charge in [0, 0.05) is 24.5 Å². The van der Waals surface area contributed by atoms with E-state index in [9.17, 15) is 22.4 Å². The second-order valence-electron chi connectivity index (χ2n) is 7.75. The SMILES string of the molecule is CNCCCN(C(=O)[C@@H]1CCCN1c1cc(C(F)(F)F)cc(C)n1)c1ccc(F)c(Cl)c1. The summed E-state index contributed by atoms with van der Waals surface area (Å²) in [5.74, 6) is -0.747. The van der Waals surface area contributed by atoms with Gasteiger partial charge in [0.1, 0.15) is 17.7 Å². The number of nitrogens with one attached hydrogen (secondary N) is 1. The number of anilines is 2. The number of rotatable bonds is 7. The first-order chi connectivity index (χ1) is 15.1. The van der Waals surface area contributed by atoms with Crippen molar-refractivity contribution < 1.29 is 22.4 Å². The molecule has 1 aromatic carbocycles. The van der Waals surface area contributed by atoms with Gasteiger partial charge in [-0.25, -0.2) is 9.37 Å². The van der Waals surface area contributed by atoms with Crippen LogP contribution in [-0.4, -0.2) is 43.6 Å². The van der Waals surface area contributed by atoms with Crippen LogP contribution >= 0.6 is 11.6 Å². The minimum atomic E-state index is -4.51. The van der Waals surface area contributed by atoms with Crippen LogP contribution in [0.15, 0.2) is 30.3 Å². The number of carbonyl (C=O) groups is 1. The lowest BCUT2D eigenvalue weighted by molar-refractivity contribution is -0.137. The standard InChI is InChI=1S/C22H25ClF4N4O/c1-14-11-15(22(25,26)27)12-20(29-14)31-9-3-5-19(31)21(32)30(10-4-8-28-2)16-6-7-18(24)17(23)13-16/h6-7,11-13,19,28H,3-5,8-10H2,1-2H3/t19-/m0/s1. The number of halogens is 5. The predicted molar refractivity (Wildman–Crippen MR) is 117 cm³/mol. The molecule has 0 saturated carbocycles. The van der Waals surface area contributed by atoms with Gasteiger partial charge < -0.3 is 15.1 Å². The summed E-state index contributed by atoms with van der Waals surface area (Å²) in [5, 5.41) is 2.91. The van der Waals surface area contributed by atoms with Gasteiger partial charge in [0.05, 0.1) is 10.6 Å². The van der Waals surface area contributed by atoms with Gasteiger partial charge in [0.2, 0.25) is 5.91 Å². The summed E-state index contributed by atoms with van der Waals surface area (Å²) in [6.07, 6.45) is -2.76. The van der Waals surface area contributed by atoms with Gasteiger partial charge in [-0.2, -0.15) is 13.2 Å². The highest BCUT2D eigenvalue weighted by atomic mass is 35.5. The molecule has 1 atom stereocenters. The molecule has 2 heterocycles. The first-order valence-corrected chi connectivity index (χ1v) is 10.7. The second kappa shape index (κ2) is 10.0. The Morgan fingerprint density at radius 1 is 1.31 bits per heavy atom. The summed E-state index contributed by atoms with van der Waals surface area (Å²) >= 11 is 5.93. The summed E-state index contributed by atoms with van der Waals surface area (Å²) in [6.45, 7) is 2.91. The minimum absolute atomic E-state index is 0.104. The van der Waals surface area contributed by atoms with E-state index in [1.165, 1.54) is 30.0 Å². The Balaban J connectivity index is 1.93. The molecule has 1 saturated heterocycles. The van der Waals surface area contributed by atoms with Gasteiger partial charge in [0.15, 0.2) is 0 Å². The number of alkyl halides is 3. The first kappa shape index (κ1) is 24.3. The van der Waals surface area contributed by atoms with Gasteiger partial charge >= 0.3 is 6.18 Å². The molecule has 0 spiro atoms. The number of benzene rings is 1. The van der Waals surface area contributed by atoms with E-state index in [1.54, 1.807) is 11.9 Å². The van der Waals surface area contributed by atoms with Gasteiger partial charge in [-0.1, -0.05) is 11.6 Å². The van der Waals surface area contributed by atoms with Crippen molar-refractivity contribution in [1.29, 1.82) is 0 Å². The number of nitrogens with zero attached hydrogens (tertiary/aromatic N) is 3. The molecule has 3 rings (SSSR count). The van der Waals surface area contributed by atoms with E-state index in [0.29, 0.717) is 44.6 Å². The van der Waals surface area contributed by atoms with Gasteiger partial charge in [-0.15, -0.1) is 0 Å². The molecule has 5 nitrogen and oxygen atoms in total. The second-order valence-corrected chi connectivity index (χ2v) is 8.16. The van der Waals surface area contributed by atoms with Crippen molar-refractivity contribution in [1.82, 2.24) is 10.3 Å². The molecule has 0 aliphatic carbocycles. The molecular formula is C22H25ClF4N4O. The van der Waals surface area contributed by atoms with Crippen LogP contribution in [0.3, 0.4) is 0 Å². The van der Waals surface area contributed by atoms with Crippen LogP contribution < -0.4 is 15.1 Å². The monoisotopic (exact) mass is 472 g/mol. The summed E-state index contributed by atoms with van der Waals surface area (Å²) in [5.41, 5.74) is -0.129. The first-order valence-electron chi connectivity index (χ1n) is 10.4. The Morgan fingerprint density at radius 3 is 2.72 bits per heavy atom. The normalized spacial score (nSPS) is 16.5. The minimum Gasteiger partial charge on any atom is -0.345 e. The van der Waals surface area contributed by atoms with Gasteiger partial charge in [0.25, 0.3) is 0 Å². The third-order valence-electron chi connectivity index (χ3n) is 5.39. The highest BCUT2D eigenvalue weighted by molar-refractivity contribution is 6.31. The zero-order chi connectivity index (χ0) is 23.5. The van der Waals surface area contributed by atoms with E-state index in [4.69, 9.17) is 11.6 Å². The molecule has 1 amide bonds. The Kier molecular flexibility index (Phi) is 7.61. The maximum atomic E-state index is 13.7. The van der Waals surface area contributed by atoms with Crippen LogP contribution in [0.4, 0.5) is 29.1 Å². The van der Waals surface area contributed by atoms with E-state index in [1.807, 2.05) is 0 Å². The molecule has 1 aromatic heterocycles. The van der Waals surface area contributed by atoms with Gasteiger partial charge in [-0.05, 0) is 70.1 Å². The smallest absolute Gasteiger partial charge is 0.345 e. The Bertz CT molecular complexity index is 969. The fraction of sp³-hybridized carbons (Fsp3) is 0.455. The van der Waals surface area contributed by atoms with Crippen molar-refractivity contribution >= 4 is 29.0 Å². The summed E-state index contributed by atoms with van der Waals surface area (Å²) in [7, 11) is 1.79. The number of carbonyl (C=O) groups excluding carboxylic acids is 1. The number of aromatic nitrogens is 1. The zero-order valence-electron chi connectivity index (χ0n) is 17.8. The summed E-state index contributed by atoms with van der Waals surface area (Å²) in [6, 6.07) is 5.36. The maximum Gasteiger partial charge on any atom is 0.416 e. The number of pyridine rings is 1. The van der Waals surface area contributed by atoms with E-state index in [0.717, 1.165) is 12.1 Å². The number of amides is 1. The highest BCUT2D eigenvalue weighted by Crippen LogP contribution is 2.34. The average molecular weight is 473 g/mol. The molecule has 0 bridgehead atoms. The van der Waals surface area contributed by atoms with E-state index in [2.05, 4.69) is 10.3 Å². The molecule has 174 valence electrons. The van der Waals surface area contributed by atoms with Crippen LogP contribution in [0, 0.1) is 12.7 Å². The fourth-order valence-corrected chi connectivity index (χ4v) is 4.05. The van der Waals surface area contributed by atoms with Crippen LogP contribution in [-0.2, 0) is 11.0 Å². The zero-order valence-corrected chi connectivity index (χ0v) is 18.6. The van der Waals surface area contributed by atoms with E-state index in [-0.39, 0.29) is 22.4 Å². The molecule has 1 aliphatic heterocycles. The van der Waals surface area contributed by atoms with E-state index >= 15 is 0 Å². The number of hydrogen-bond donors (Lipinski definition) is 1. The van der Waals surface area contributed by atoms with Crippen molar-refractivity contribution in [2.45, 2.75) is 38.4 Å². The van der Waals surface area contributed by atoms with Crippen molar-refractivity contribution in [3.63, 3.8) is 0 Å². The molecule has 1 N–H and O–H groups in total. The van der Waals surface area contributed by atoms with E-state index < -0.39 is 23.6 Å². The van der Waals surface area contributed by atoms with Crippen molar-refractivity contribution in [2.75, 3.05) is 36.5 Å². The molecule has 1 fully saturated rings. The summed E-state index contributed by atoms with van der Waals surface area (Å²) < 4.78 is 53.6. The van der Waals surface area contributed by atoms with Crippen molar-refractivity contribution in [3.8, 4) is 0 Å².